The van der Waals surface area contributed by atoms with E-state index in [9.17, 15) is 8.78 Å². The molecule has 1 aliphatic carbocycles. The number of halogens is 2. The molecule has 172 valence electrons. The summed E-state index contributed by atoms with van der Waals surface area (Å²) in [6.07, 6.45) is 10.9. The molecule has 1 aromatic carbocycles. The van der Waals surface area contributed by atoms with Crippen molar-refractivity contribution in [3.8, 4) is 16.9 Å². The van der Waals surface area contributed by atoms with Crippen molar-refractivity contribution in [1.82, 2.24) is 19.7 Å². The number of aromatic nitrogens is 3. The molecule has 0 radical (unpaired) electrons. The van der Waals surface area contributed by atoms with Crippen molar-refractivity contribution in [2.45, 2.75) is 38.6 Å². The van der Waals surface area contributed by atoms with Crippen LogP contribution in [0.25, 0.3) is 16.7 Å². The standard InChI is InChI=1S/C26H28F2N4O/c1-3-31-10-8-20(9-11-31)32-16-19(15-30-32)18-13-21-17(4-6-24(21)29-14-18)12-22-23(27)5-7-25(33-2)26(22)28/h4-5,7,13-16,20H,3,6,8-12H2,1-2H3. The van der Waals surface area contributed by atoms with Gasteiger partial charge in [-0.2, -0.15) is 5.10 Å². The first-order valence-corrected chi connectivity index (χ1v) is 11.5. The Morgan fingerprint density at radius 1 is 1.12 bits per heavy atom. The Kier molecular flexibility index (Phi) is 5.98. The summed E-state index contributed by atoms with van der Waals surface area (Å²) < 4.78 is 36.2. The minimum Gasteiger partial charge on any atom is -0.494 e. The third kappa shape index (κ3) is 4.17. The number of piperidine rings is 1. The van der Waals surface area contributed by atoms with Crippen molar-refractivity contribution in [1.29, 1.82) is 0 Å². The first kappa shape index (κ1) is 21.8. The van der Waals surface area contributed by atoms with Crippen LogP contribution in [0.4, 0.5) is 8.78 Å². The zero-order valence-corrected chi connectivity index (χ0v) is 19.0. The van der Waals surface area contributed by atoms with Crippen LogP contribution in [-0.4, -0.2) is 46.4 Å². The van der Waals surface area contributed by atoms with E-state index in [1.54, 1.807) is 0 Å². The summed E-state index contributed by atoms with van der Waals surface area (Å²) in [5, 5.41) is 4.63. The highest BCUT2D eigenvalue weighted by atomic mass is 19.1. The molecule has 1 aliphatic heterocycles. The van der Waals surface area contributed by atoms with Crippen molar-refractivity contribution in [2.24, 2.45) is 0 Å². The second-order valence-electron chi connectivity index (χ2n) is 8.75. The lowest BCUT2D eigenvalue weighted by Gasteiger charge is -2.31. The molecule has 0 saturated carbocycles. The third-order valence-corrected chi connectivity index (χ3v) is 6.91. The van der Waals surface area contributed by atoms with Gasteiger partial charge in [0.15, 0.2) is 11.6 Å². The number of fused-ring (bicyclic) bond motifs is 1. The number of benzene rings is 1. The van der Waals surface area contributed by atoms with Crippen LogP contribution in [0.5, 0.6) is 5.75 Å². The Bertz CT molecular complexity index is 1190. The van der Waals surface area contributed by atoms with Crippen LogP contribution in [-0.2, 0) is 12.8 Å². The summed E-state index contributed by atoms with van der Waals surface area (Å²) in [6.45, 7) is 5.49. The molecule has 3 aromatic rings. The third-order valence-electron chi connectivity index (χ3n) is 6.91. The summed E-state index contributed by atoms with van der Waals surface area (Å²) >= 11 is 0. The Hall–Kier alpha value is -3.06. The molecule has 0 bridgehead atoms. The second kappa shape index (κ2) is 9.06. The fraction of sp³-hybridized carbons (Fsp3) is 0.385. The molecule has 5 nitrogen and oxygen atoms in total. The van der Waals surface area contributed by atoms with E-state index in [1.807, 2.05) is 18.5 Å². The van der Waals surface area contributed by atoms with Crippen LogP contribution in [0.15, 0.2) is 42.9 Å². The van der Waals surface area contributed by atoms with E-state index in [0.29, 0.717) is 12.5 Å². The van der Waals surface area contributed by atoms with Gasteiger partial charge in [-0.15, -0.1) is 0 Å². The lowest BCUT2D eigenvalue weighted by Crippen LogP contribution is -2.34. The number of ether oxygens (including phenoxy) is 1. The molecular formula is C26H28F2N4O. The molecule has 33 heavy (non-hydrogen) atoms. The van der Waals surface area contributed by atoms with Crippen molar-refractivity contribution in [2.75, 3.05) is 26.7 Å². The topological polar surface area (TPSA) is 43.2 Å². The predicted molar refractivity (Wildman–Crippen MR) is 124 cm³/mol. The average molecular weight is 451 g/mol. The molecular weight excluding hydrogens is 422 g/mol. The Labute approximate surface area is 192 Å². The summed E-state index contributed by atoms with van der Waals surface area (Å²) in [5.41, 5.74) is 4.74. The first-order valence-electron chi connectivity index (χ1n) is 11.5. The van der Waals surface area contributed by atoms with Gasteiger partial charge in [-0.3, -0.25) is 9.67 Å². The van der Waals surface area contributed by atoms with Crippen LogP contribution >= 0.6 is 0 Å². The van der Waals surface area contributed by atoms with Crippen LogP contribution in [0.1, 0.15) is 42.6 Å². The van der Waals surface area contributed by atoms with Gasteiger partial charge in [0.05, 0.1) is 25.0 Å². The molecule has 7 heteroatoms. The van der Waals surface area contributed by atoms with E-state index in [2.05, 4.69) is 38.9 Å². The number of pyridine rings is 1. The zero-order chi connectivity index (χ0) is 22.9. The zero-order valence-electron chi connectivity index (χ0n) is 19.0. The van der Waals surface area contributed by atoms with E-state index < -0.39 is 11.6 Å². The van der Waals surface area contributed by atoms with E-state index in [0.717, 1.165) is 60.4 Å². The first-order chi connectivity index (χ1) is 16.1. The summed E-state index contributed by atoms with van der Waals surface area (Å²) in [6, 6.07) is 5.05. The molecule has 2 aliphatic rings. The summed E-state index contributed by atoms with van der Waals surface area (Å²) in [7, 11) is 1.38. The number of allylic oxidation sites excluding steroid dienone is 2. The highest BCUT2D eigenvalue weighted by molar-refractivity contribution is 5.77. The van der Waals surface area contributed by atoms with Crippen LogP contribution in [0.2, 0.25) is 0 Å². The van der Waals surface area contributed by atoms with Crippen LogP contribution < -0.4 is 4.74 Å². The van der Waals surface area contributed by atoms with Crippen molar-refractivity contribution in [3.05, 3.63) is 71.3 Å². The molecule has 1 fully saturated rings. The van der Waals surface area contributed by atoms with Gasteiger partial charge in [0.2, 0.25) is 0 Å². The van der Waals surface area contributed by atoms with Gasteiger partial charge in [-0.05, 0) is 43.2 Å². The quantitative estimate of drug-likeness (QED) is 0.526. The molecule has 0 spiro atoms. The Morgan fingerprint density at radius 2 is 1.94 bits per heavy atom. The monoisotopic (exact) mass is 450 g/mol. The minimum absolute atomic E-state index is 0.0186. The lowest BCUT2D eigenvalue weighted by atomic mass is 9.98. The molecule has 2 aromatic heterocycles. The van der Waals surface area contributed by atoms with Crippen LogP contribution in [0.3, 0.4) is 0 Å². The number of methoxy groups -OCH3 is 1. The van der Waals surface area contributed by atoms with Crippen LogP contribution in [0, 0.1) is 11.6 Å². The second-order valence-corrected chi connectivity index (χ2v) is 8.75. The van der Waals surface area contributed by atoms with E-state index in [4.69, 9.17) is 4.74 Å². The van der Waals surface area contributed by atoms with Crippen molar-refractivity contribution < 1.29 is 13.5 Å². The highest BCUT2D eigenvalue weighted by Crippen LogP contribution is 2.35. The lowest BCUT2D eigenvalue weighted by molar-refractivity contribution is 0.187. The number of nitrogens with zero attached hydrogens (tertiary/aromatic N) is 4. The highest BCUT2D eigenvalue weighted by Gasteiger charge is 2.23. The molecule has 0 amide bonds. The molecule has 0 N–H and O–H groups in total. The van der Waals surface area contributed by atoms with E-state index in [-0.39, 0.29) is 17.7 Å². The number of hydrogen-bond donors (Lipinski definition) is 0. The largest absolute Gasteiger partial charge is 0.494 e. The van der Waals surface area contributed by atoms with Gasteiger partial charge < -0.3 is 9.64 Å². The van der Waals surface area contributed by atoms with Gasteiger partial charge in [0, 0.05) is 60.6 Å². The van der Waals surface area contributed by atoms with Crippen molar-refractivity contribution >= 4 is 5.57 Å². The van der Waals surface area contributed by atoms with Gasteiger partial charge in [0.1, 0.15) is 5.82 Å². The van der Waals surface area contributed by atoms with E-state index in [1.165, 1.54) is 19.2 Å². The van der Waals surface area contributed by atoms with Gasteiger partial charge in [0.25, 0.3) is 0 Å². The molecule has 0 unspecified atom stereocenters. The molecule has 5 rings (SSSR count). The smallest absolute Gasteiger partial charge is 0.171 e. The predicted octanol–water partition coefficient (Wildman–Crippen LogP) is 5.07. The summed E-state index contributed by atoms with van der Waals surface area (Å²) in [5.74, 6) is -1.16. The van der Waals surface area contributed by atoms with Gasteiger partial charge >= 0.3 is 0 Å². The maximum atomic E-state index is 14.7. The Morgan fingerprint density at radius 3 is 2.70 bits per heavy atom. The van der Waals surface area contributed by atoms with E-state index >= 15 is 0 Å². The van der Waals surface area contributed by atoms with Gasteiger partial charge in [-0.1, -0.05) is 13.0 Å². The number of rotatable bonds is 6. The number of hydrogen-bond acceptors (Lipinski definition) is 4. The molecule has 1 saturated heterocycles. The SMILES string of the molecule is CCN1CCC(n2cc(-c3cnc4c(c3)C(Cc3c(F)ccc(OC)c3F)=CC4)cn2)CC1. The normalized spacial score (nSPS) is 16.7. The molecule has 0 atom stereocenters. The fourth-order valence-corrected chi connectivity index (χ4v) is 4.86. The Balaban J connectivity index is 1.38. The van der Waals surface area contributed by atoms with Gasteiger partial charge in [-0.25, -0.2) is 8.78 Å². The maximum Gasteiger partial charge on any atom is 0.171 e. The minimum atomic E-state index is -0.647. The molecule has 3 heterocycles. The number of likely N-dealkylation sites (tertiary alicyclic amines) is 1. The maximum absolute atomic E-state index is 14.7. The average Bonchev–Trinajstić information content (AvgIpc) is 3.49. The van der Waals surface area contributed by atoms with Crippen molar-refractivity contribution in [3.63, 3.8) is 0 Å². The summed E-state index contributed by atoms with van der Waals surface area (Å²) in [4.78, 5) is 7.11. The fourth-order valence-electron chi connectivity index (χ4n) is 4.86.